The van der Waals surface area contributed by atoms with Gasteiger partial charge < -0.3 is 15.4 Å². The first-order chi connectivity index (χ1) is 9.75. The molecule has 2 saturated heterocycles. The standard InChI is InChI=1S/C16H22N2O2/c17-15(12-5-2-1-3-6-12)16(19)18-9-8-14-13(11-18)7-4-10-20-14/h1-3,5-6,13-15H,4,7-11,17H2/t13-,14-,15+/m1/s1. The van der Waals surface area contributed by atoms with Crippen molar-refractivity contribution in [2.24, 2.45) is 11.7 Å². The van der Waals surface area contributed by atoms with Crippen LogP contribution < -0.4 is 5.73 Å². The number of carbonyl (C=O) groups is 1. The highest BCUT2D eigenvalue weighted by Crippen LogP contribution is 2.29. The molecule has 1 aromatic rings. The van der Waals surface area contributed by atoms with Crippen molar-refractivity contribution in [3.05, 3.63) is 35.9 Å². The number of likely N-dealkylation sites (tertiary alicyclic amines) is 1. The third kappa shape index (κ3) is 2.72. The number of nitrogens with two attached hydrogens (primary N) is 1. The van der Waals surface area contributed by atoms with E-state index >= 15 is 0 Å². The smallest absolute Gasteiger partial charge is 0.244 e. The van der Waals surface area contributed by atoms with E-state index in [-0.39, 0.29) is 5.91 Å². The van der Waals surface area contributed by atoms with E-state index in [0.29, 0.717) is 12.0 Å². The Labute approximate surface area is 119 Å². The molecule has 1 aromatic carbocycles. The van der Waals surface area contributed by atoms with Crippen LogP contribution in [-0.2, 0) is 9.53 Å². The number of hydrogen-bond donors (Lipinski definition) is 1. The normalized spacial score (nSPS) is 27.8. The van der Waals surface area contributed by atoms with Gasteiger partial charge in [-0.25, -0.2) is 0 Å². The van der Waals surface area contributed by atoms with Gasteiger partial charge in [0.05, 0.1) is 6.10 Å². The quantitative estimate of drug-likeness (QED) is 0.893. The number of hydrogen-bond acceptors (Lipinski definition) is 3. The first-order valence-electron chi connectivity index (χ1n) is 7.46. The molecule has 2 N–H and O–H groups in total. The Hall–Kier alpha value is -1.39. The number of fused-ring (bicyclic) bond motifs is 1. The highest BCUT2D eigenvalue weighted by molar-refractivity contribution is 5.83. The molecular weight excluding hydrogens is 252 g/mol. The third-order valence-electron chi connectivity index (χ3n) is 4.45. The molecule has 0 spiro atoms. The van der Waals surface area contributed by atoms with Gasteiger partial charge in [-0.3, -0.25) is 4.79 Å². The molecule has 0 radical (unpaired) electrons. The van der Waals surface area contributed by atoms with E-state index in [1.54, 1.807) is 0 Å². The SMILES string of the molecule is N[C@H](C(=O)N1CC[C@H]2OCCC[C@@H]2C1)c1ccccc1. The van der Waals surface area contributed by atoms with Crippen molar-refractivity contribution in [1.82, 2.24) is 4.90 Å². The Morgan fingerprint density at radius 1 is 1.30 bits per heavy atom. The van der Waals surface area contributed by atoms with Crippen LogP contribution in [0.2, 0.25) is 0 Å². The van der Waals surface area contributed by atoms with Gasteiger partial charge in [0.25, 0.3) is 0 Å². The Balaban J connectivity index is 1.65. The number of rotatable bonds is 2. The summed E-state index contributed by atoms with van der Waals surface area (Å²) in [6, 6.07) is 9.06. The lowest BCUT2D eigenvalue weighted by Gasteiger charge is -2.41. The second-order valence-electron chi connectivity index (χ2n) is 5.77. The molecule has 0 unspecified atom stereocenters. The molecule has 0 saturated carbocycles. The first-order valence-corrected chi connectivity index (χ1v) is 7.46. The second-order valence-corrected chi connectivity index (χ2v) is 5.77. The predicted molar refractivity (Wildman–Crippen MR) is 77.0 cm³/mol. The molecule has 0 aliphatic carbocycles. The van der Waals surface area contributed by atoms with Crippen LogP contribution in [-0.4, -0.2) is 36.6 Å². The number of amides is 1. The summed E-state index contributed by atoms with van der Waals surface area (Å²) in [5, 5.41) is 0. The van der Waals surface area contributed by atoms with Gasteiger partial charge in [-0.1, -0.05) is 30.3 Å². The summed E-state index contributed by atoms with van der Waals surface area (Å²) in [6.07, 6.45) is 3.56. The molecule has 2 heterocycles. The van der Waals surface area contributed by atoms with Crippen molar-refractivity contribution in [3.63, 3.8) is 0 Å². The average molecular weight is 274 g/mol. The van der Waals surface area contributed by atoms with Crippen LogP contribution in [0.1, 0.15) is 30.9 Å². The molecule has 108 valence electrons. The molecule has 2 aliphatic heterocycles. The summed E-state index contributed by atoms with van der Waals surface area (Å²) >= 11 is 0. The molecule has 1 amide bonds. The maximum absolute atomic E-state index is 12.5. The average Bonchev–Trinajstić information content (AvgIpc) is 2.54. The van der Waals surface area contributed by atoms with Crippen LogP contribution in [0.25, 0.3) is 0 Å². The summed E-state index contributed by atoms with van der Waals surface area (Å²) in [4.78, 5) is 14.5. The van der Waals surface area contributed by atoms with E-state index < -0.39 is 6.04 Å². The number of piperidine rings is 1. The van der Waals surface area contributed by atoms with Crippen LogP contribution in [0.4, 0.5) is 0 Å². The Kier molecular flexibility index (Phi) is 4.03. The van der Waals surface area contributed by atoms with E-state index in [4.69, 9.17) is 10.5 Å². The van der Waals surface area contributed by atoms with Crippen LogP contribution >= 0.6 is 0 Å². The molecule has 0 aromatic heterocycles. The molecule has 2 fully saturated rings. The summed E-state index contributed by atoms with van der Waals surface area (Å²) in [5.74, 6) is 0.532. The monoisotopic (exact) mass is 274 g/mol. The fraction of sp³-hybridized carbons (Fsp3) is 0.562. The zero-order valence-corrected chi connectivity index (χ0v) is 11.7. The van der Waals surface area contributed by atoms with Crippen molar-refractivity contribution >= 4 is 5.91 Å². The van der Waals surface area contributed by atoms with Crippen molar-refractivity contribution in [2.75, 3.05) is 19.7 Å². The molecule has 3 rings (SSSR count). The van der Waals surface area contributed by atoms with Crippen LogP contribution in [0, 0.1) is 5.92 Å². The number of carbonyl (C=O) groups excluding carboxylic acids is 1. The highest BCUT2D eigenvalue weighted by Gasteiger charge is 2.35. The Morgan fingerprint density at radius 3 is 2.90 bits per heavy atom. The van der Waals surface area contributed by atoms with Crippen LogP contribution in [0.3, 0.4) is 0 Å². The predicted octanol–water partition coefficient (Wildman–Crippen LogP) is 1.71. The van der Waals surface area contributed by atoms with Crippen LogP contribution in [0.15, 0.2) is 30.3 Å². The zero-order chi connectivity index (χ0) is 13.9. The lowest BCUT2D eigenvalue weighted by molar-refractivity contribution is -0.140. The van der Waals surface area contributed by atoms with Gasteiger partial charge in [0.2, 0.25) is 5.91 Å². The van der Waals surface area contributed by atoms with E-state index in [9.17, 15) is 4.79 Å². The fourth-order valence-electron chi connectivity index (χ4n) is 3.29. The lowest BCUT2D eigenvalue weighted by Crippen LogP contribution is -2.50. The number of benzene rings is 1. The van der Waals surface area contributed by atoms with Gasteiger partial charge in [-0.05, 0) is 24.8 Å². The summed E-state index contributed by atoms with van der Waals surface area (Å²) in [6.45, 7) is 2.43. The van der Waals surface area contributed by atoms with E-state index in [1.807, 2.05) is 35.2 Å². The molecule has 2 aliphatic rings. The minimum absolute atomic E-state index is 0.0419. The van der Waals surface area contributed by atoms with Gasteiger partial charge in [-0.15, -0.1) is 0 Å². The summed E-state index contributed by atoms with van der Waals surface area (Å²) < 4.78 is 5.79. The Morgan fingerprint density at radius 2 is 2.10 bits per heavy atom. The van der Waals surface area contributed by atoms with Gasteiger partial charge >= 0.3 is 0 Å². The van der Waals surface area contributed by atoms with Gasteiger partial charge in [-0.2, -0.15) is 0 Å². The number of nitrogens with zero attached hydrogens (tertiary/aromatic N) is 1. The van der Waals surface area contributed by atoms with Gasteiger partial charge in [0, 0.05) is 25.6 Å². The minimum atomic E-state index is -0.544. The maximum atomic E-state index is 12.5. The molecule has 4 heteroatoms. The largest absolute Gasteiger partial charge is 0.378 e. The molecule has 3 atom stereocenters. The maximum Gasteiger partial charge on any atom is 0.244 e. The first kappa shape index (κ1) is 13.6. The van der Waals surface area contributed by atoms with Gasteiger partial charge in [0.1, 0.15) is 6.04 Å². The summed E-state index contributed by atoms with van der Waals surface area (Å²) in [5.41, 5.74) is 7.00. The Bertz CT molecular complexity index is 463. The van der Waals surface area contributed by atoms with Gasteiger partial charge in [0.15, 0.2) is 0 Å². The molecule has 20 heavy (non-hydrogen) atoms. The lowest BCUT2D eigenvalue weighted by atomic mass is 9.88. The minimum Gasteiger partial charge on any atom is -0.378 e. The van der Waals surface area contributed by atoms with Crippen molar-refractivity contribution in [3.8, 4) is 0 Å². The molecule has 4 nitrogen and oxygen atoms in total. The van der Waals surface area contributed by atoms with Crippen molar-refractivity contribution in [1.29, 1.82) is 0 Å². The topological polar surface area (TPSA) is 55.6 Å². The van der Waals surface area contributed by atoms with Crippen LogP contribution in [0.5, 0.6) is 0 Å². The van der Waals surface area contributed by atoms with Crippen molar-refractivity contribution in [2.45, 2.75) is 31.4 Å². The highest BCUT2D eigenvalue weighted by atomic mass is 16.5. The summed E-state index contributed by atoms with van der Waals surface area (Å²) in [7, 11) is 0. The zero-order valence-electron chi connectivity index (χ0n) is 11.7. The van der Waals surface area contributed by atoms with E-state index in [1.165, 1.54) is 0 Å². The molecular formula is C16H22N2O2. The van der Waals surface area contributed by atoms with Crippen molar-refractivity contribution < 1.29 is 9.53 Å². The van der Waals surface area contributed by atoms with E-state index in [0.717, 1.165) is 44.5 Å². The number of ether oxygens (including phenoxy) is 1. The molecule has 0 bridgehead atoms. The third-order valence-corrected chi connectivity index (χ3v) is 4.45. The van der Waals surface area contributed by atoms with E-state index in [2.05, 4.69) is 0 Å². The fourth-order valence-corrected chi connectivity index (χ4v) is 3.29. The second kappa shape index (κ2) is 5.94.